The maximum atomic E-state index is 13.4. The number of carbonyl (C=O) groups is 1. The number of amides is 1. The van der Waals surface area contributed by atoms with E-state index in [1.165, 1.54) is 12.1 Å². The van der Waals surface area contributed by atoms with Gasteiger partial charge in [-0.15, -0.1) is 0 Å². The summed E-state index contributed by atoms with van der Waals surface area (Å²) < 4.78 is 18.9. The highest BCUT2D eigenvalue weighted by Gasteiger charge is 2.54. The van der Waals surface area contributed by atoms with Crippen molar-refractivity contribution in [2.24, 2.45) is 0 Å². The lowest BCUT2D eigenvalue weighted by molar-refractivity contribution is 0.0617. The molecule has 1 atom stereocenters. The van der Waals surface area contributed by atoms with Crippen molar-refractivity contribution in [2.75, 3.05) is 24.6 Å². The molecule has 2 saturated heterocycles. The second-order valence-corrected chi connectivity index (χ2v) is 8.79. The average molecular weight is 397 g/mol. The lowest BCUT2D eigenvalue weighted by atomic mass is 9.87. The van der Waals surface area contributed by atoms with E-state index in [0.717, 1.165) is 43.8 Å². The zero-order chi connectivity index (χ0) is 20.6. The molecule has 4 nitrogen and oxygen atoms in total. The molecule has 2 aromatic rings. The predicted molar refractivity (Wildman–Crippen MR) is 113 cm³/mol. The van der Waals surface area contributed by atoms with Crippen molar-refractivity contribution in [3.63, 3.8) is 0 Å². The minimum Gasteiger partial charge on any atom is -0.494 e. The standard InChI is InChI=1S/C24H29FN2O2/c1-4-29-21-12-6-18(7-13-21)22(28)26-15-5-14-24(26)16-23(2,3)27(17-24)20-10-8-19(25)9-11-20/h6-13H,4-5,14-17H2,1-3H3. The van der Waals surface area contributed by atoms with Crippen LogP contribution < -0.4 is 9.64 Å². The number of hydrogen-bond acceptors (Lipinski definition) is 3. The molecule has 4 rings (SSSR count). The molecule has 1 spiro atoms. The number of ether oxygens (including phenoxy) is 1. The Hall–Kier alpha value is -2.56. The fourth-order valence-corrected chi connectivity index (χ4v) is 5.15. The van der Waals surface area contributed by atoms with E-state index in [1.807, 2.05) is 43.3 Å². The van der Waals surface area contributed by atoms with Gasteiger partial charge in [0.05, 0.1) is 12.1 Å². The fourth-order valence-electron chi connectivity index (χ4n) is 5.15. The Labute approximate surface area is 172 Å². The first-order valence-corrected chi connectivity index (χ1v) is 10.4. The smallest absolute Gasteiger partial charge is 0.254 e. The summed E-state index contributed by atoms with van der Waals surface area (Å²) in [6, 6.07) is 14.1. The van der Waals surface area contributed by atoms with Gasteiger partial charge in [-0.25, -0.2) is 4.39 Å². The molecule has 29 heavy (non-hydrogen) atoms. The van der Waals surface area contributed by atoms with Crippen LogP contribution in [-0.4, -0.2) is 41.6 Å². The number of benzene rings is 2. The molecule has 2 aliphatic heterocycles. The summed E-state index contributed by atoms with van der Waals surface area (Å²) in [4.78, 5) is 17.8. The van der Waals surface area contributed by atoms with Crippen molar-refractivity contribution in [1.29, 1.82) is 0 Å². The van der Waals surface area contributed by atoms with Crippen molar-refractivity contribution in [2.45, 2.75) is 51.1 Å². The SMILES string of the molecule is CCOc1ccc(C(=O)N2CCCC23CN(c2ccc(F)cc2)C(C)(C)C3)cc1. The molecule has 0 aromatic heterocycles. The Morgan fingerprint density at radius 1 is 1.10 bits per heavy atom. The molecule has 154 valence electrons. The van der Waals surface area contributed by atoms with Gasteiger partial charge in [0.15, 0.2) is 0 Å². The van der Waals surface area contributed by atoms with Crippen LogP contribution in [0.4, 0.5) is 10.1 Å². The first-order valence-electron chi connectivity index (χ1n) is 10.4. The summed E-state index contributed by atoms with van der Waals surface area (Å²) in [5.74, 6) is 0.639. The second kappa shape index (κ2) is 7.36. The molecular weight excluding hydrogens is 367 g/mol. The minimum atomic E-state index is -0.228. The van der Waals surface area contributed by atoms with Crippen LogP contribution in [-0.2, 0) is 0 Å². The predicted octanol–water partition coefficient (Wildman–Crippen LogP) is 4.89. The molecule has 2 fully saturated rings. The van der Waals surface area contributed by atoms with E-state index in [4.69, 9.17) is 4.74 Å². The largest absolute Gasteiger partial charge is 0.494 e. The molecular formula is C24H29FN2O2. The first-order chi connectivity index (χ1) is 13.8. The van der Waals surface area contributed by atoms with E-state index in [1.54, 1.807) is 0 Å². The van der Waals surface area contributed by atoms with Crippen molar-refractivity contribution in [1.82, 2.24) is 4.90 Å². The Bertz CT molecular complexity index is 879. The fraction of sp³-hybridized carbons (Fsp3) is 0.458. The van der Waals surface area contributed by atoms with Crippen molar-refractivity contribution >= 4 is 11.6 Å². The summed E-state index contributed by atoms with van der Waals surface area (Å²) in [7, 11) is 0. The Morgan fingerprint density at radius 3 is 2.45 bits per heavy atom. The van der Waals surface area contributed by atoms with Crippen molar-refractivity contribution in [3.05, 3.63) is 59.9 Å². The van der Waals surface area contributed by atoms with Gasteiger partial charge in [0.1, 0.15) is 11.6 Å². The highest BCUT2D eigenvalue weighted by molar-refractivity contribution is 5.95. The van der Waals surface area contributed by atoms with Gasteiger partial charge in [0.25, 0.3) is 5.91 Å². The van der Waals surface area contributed by atoms with E-state index in [-0.39, 0.29) is 22.8 Å². The summed E-state index contributed by atoms with van der Waals surface area (Å²) in [5.41, 5.74) is 1.41. The Morgan fingerprint density at radius 2 is 1.79 bits per heavy atom. The summed E-state index contributed by atoms with van der Waals surface area (Å²) in [6.07, 6.45) is 2.91. The first kappa shape index (κ1) is 19.7. The van der Waals surface area contributed by atoms with E-state index in [9.17, 15) is 9.18 Å². The van der Waals surface area contributed by atoms with Crippen LogP contribution in [0.2, 0.25) is 0 Å². The van der Waals surface area contributed by atoms with Gasteiger partial charge < -0.3 is 14.5 Å². The molecule has 2 aliphatic rings. The number of nitrogens with zero attached hydrogens (tertiary/aromatic N) is 2. The van der Waals surface area contributed by atoms with Crippen molar-refractivity contribution < 1.29 is 13.9 Å². The number of hydrogen-bond donors (Lipinski definition) is 0. The topological polar surface area (TPSA) is 32.8 Å². The highest BCUT2D eigenvalue weighted by atomic mass is 19.1. The quantitative estimate of drug-likeness (QED) is 0.738. The number of anilines is 1. The third-order valence-electron chi connectivity index (χ3n) is 6.34. The second-order valence-electron chi connectivity index (χ2n) is 8.79. The molecule has 0 aliphatic carbocycles. The van der Waals surface area contributed by atoms with Gasteiger partial charge in [0.2, 0.25) is 0 Å². The maximum Gasteiger partial charge on any atom is 0.254 e. The zero-order valence-electron chi connectivity index (χ0n) is 17.5. The van der Waals surface area contributed by atoms with Gasteiger partial charge in [-0.05, 0) is 88.6 Å². The lowest BCUT2D eigenvalue weighted by Crippen LogP contribution is -2.49. The Balaban J connectivity index is 1.59. The van der Waals surface area contributed by atoms with Gasteiger partial charge >= 0.3 is 0 Å². The van der Waals surface area contributed by atoms with Crippen LogP contribution in [0.1, 0.15) is 50.4 Å². The van der Waals surface area contributed by atoms with E-state index in [2.05, 4.69) is 23.6 Å². The average Bonchev–Trinajstić information content (AvgIpc) is 3.22. The summed E-state index contributed by atoms with van der Waals surface area (Å²) in [6.45, 7) is 8.53. The lowest BCUT2D eigenvalue weighted by Gasteiger charge is -2.35. The molecule has 5 heteroatoms. The number of carbonyl (C=O) groups excluding carboxylic acids is 1. The molecule has 2 heterocycles. The van der Waals surface area contributed by atoms with Gasteiger partial charge in [0, 0.05) is 29.9 Å². The van der Waals surface area contributed by atoms with Crippen LogP contribution in [0.25, 0.3) is 0 Å². The van der Waals surface area contributed by atoms with Crippen LogP contribution in [0, 0.1) is 5.82 Å². The Kier molecular flexibility index (Phi) is 5.01. The monoisotopic (exact) mass is 396 g/mol. The van der Waals surface area contributed by atoms with E-state index >= 15 is 0 Å². The third kappa shape index (κ3) is 3.59. The molecule has 0 radical (unpaired) electrons. The molecule has 0 N–H and O–H groups in total. The van der Waals surface area contributed by atoms with Gasteiger partial charge in [-0.2, -0.15) is 0 Å². The maximum absolute atomic E-state index is 13.4. The molecule has 1 unspecified atom stereocenters. The third-order valence-corrected chi connectivity index (χ3v) is 6.34. The van der Waals surface area contributed by atoms with Crippen LogP contribution in [0.5, 0.6) is 5.75 Å². The minimum absolute atomic E-state index is 0.0855. The van der Waals surface area contributed by atoms with E-state index < -0.39 is 0 Å². The molecule has 2 aromatic carbocycles. The van der Waals surface area contributed by atoms with E-state index in [0.29, 0.717) is 12.2 Å². The molecule has 1 amide bonds. The summed E-state index contributed by atoms with van der Waals surface area (Å²) in [5, 5.41) is 0. The summed E-state index contributed by atoms with van der Waals surface area (Å²) >= 11 is 0. The van der Waals surface area contributed by atoms with Gasteiger partial charge in [-0.1, -0.05) is 0 Å². The highest BCUT2D eigenvalue weighted by Crippen LogP contribution is 2.47. The normalized spacial score (nSPS) is 23.0. The van der Waals surface area contributed by atoms with Crippen LogP contribution >= 0.6 is 0 Å². The number of halogens is 1. The van der Waals surface area contributed by atoms with Crippen LogP contribution in [0.15, 0.2) is 48.5 Å². The van der Waals surface area contributed by atoms with Gasteiger partial charge in [-0.3, -0.25) is 4.79 Å². The molecule has 0 bridgehead atoms. The van der Waals surface area contributed by atoms with Crippen molar-refractivity contribution in [3.8, 4) is 5.75 Å². The van der Waals surface area contributed by atoms with Crippen LogP contribution in [0.3, 0.4) is 0 Å². The molecule has 0 saturated carbocycles. The number of likely N-dealkylation sites (tertiary alicyclic amines) is 1. The number of rotatable bonds is 4. The zero-order valence-corrected chi connectivity index (χ0v) is 17.5.